The van der Waals surface area contributed by atoms with E-state index < -0.39 is 84.6 Å². The van der Waals surface area contributed by atoms with Crippen molar-refractivity contribution in [2.24, 2.45) is 28.9 Å². The van der Waals surface area contributed by atoms with Gasteiger partial charge in [0.2, 0.25) is 17.6 Å². The molecule has 3 atom stereocenters. The number of amides is 5. The van der Waals surface area contributed by atoms with Crippen LogP contribution in [0.1, 0.15) is 101 Å². The van der Waals surface area contributed by atoms with E-state index in [1.807, 2.05) is 0 Å². The number of nitrogens with zero attached hydrogens (tertiary/aromatic N) is 1. The monoisotopic (exact) mass is 679 g/mol. The van der Waals surface area contributed by atoms with Crippen molar-refractivity contribution in [1.29, 1.82) is 0 Å². The maximum absolute atomic E-state index is 13.5. The van der Waals surface area contributed by atoms with Crippen LogP contribution in [0.3, 0.4) is 0 Å². The molecular weight excluding hydrogens is 623 g/mol. The fourth-order valence-electron chi connectivity index (χ4n) is 4.01. The number of hydrogen-bond acceptors (Lipinski definition) is 7. The van der Waals surface area contributed by atoms with Gasteiger partial charge in [-0.2, -0.15) is 13.2 Å². The Morgan fingerprint density at radius 2 is 1.43 bits per heavy atom. The van der Waals surface area contributed by atoms with Gasteiger partial charge in [-0.3, -0.25) is 24.0 Å². The maximum Gasteiger partial charge on any atom is 0.389 e. The van der Waals surface area contributed by atoms with Crippen molar-refractivity contribution in [3.63, 3.8) is 0 Å². The number of alkyl halides is 3. The molecule has 2 aliphatic rings. The Kier molecular flexibility index (Phi) is 18.6. The number of ketones is 1. The summed E-state index contributed by atoms with van der Waals surface area (Å²) in [5.41, 5.74) is 4.08. The summed E-state index contributed by atoms with van der Waals surface area (Å²) in [6.07, 6.45) is -4.49. The molecule has 3 unspecified atom stereocenters. The van der Waals surface area contributed by atoms with Gasteiger partial charge in [0.15, 0.2) is 0 Å². The molecule has 47 heavy (non-hydrogen) atoms. The lowest BCUT2D eigenvalue weighted by Gasteiger charge is -2.35. The van der Waals surface area contributed by atoms with Crippen molar-refractivity contribution in [1.82, 2.24) is 20.9 Å². The molecular formula is C32H56F3N5O7. The number of likely N-dealkylation sites (tertiary alicyclic amines) is 1. The molecule has 1 aliphatic carbocycles. The number of rotatable bonds is 12. The molecule has 5 N–H and O–H groups in total. The van der Waals surface area contributed by atoms with Gasteiger partial charge in [-0.05, 0) is 55.3 Å². The molecule has 2 fully saturated rings. The lowest BCUT2D eigenvalue weighted by Crippen LogP contribution is -2.60. The highest BCUT2D eigenvalue weighted by Crippen LogP contribution is 2.29. The average Bonchev–Trinajstić information content (AvgIpc) is 3.61. The van der Waals surface area contributed by atoms with Crippen molar-refractivity contribution in [2.75, 3.05) is 19.7 Å². The first-order valence-electron chi connectivity index (χ1n) is 16.2. The van der Waals surface area contributed by atoms with Crippen LogP contribution >= 0.6 is 0 Å². The molecule has 15 heteroatoms. The van der Waals surface area contributed by atoms with Crippen LogP contribution in [0.2, 0.25) is 0 Å². The van der Waals surface area contributed by atoms with E-state index in [1.165, 1.54) is 4.90 Å². The Morgan fingerprint density at radius 3 is 1.87 bits per heavy atom. The molecule has 0 aromatic rings. The summed E-state index contributed by atoms with van der Waals surface area (Å²) >= 11 is 0. The first kappa shape index (κ1) is 43.6. The molecule has 12 nitrogen and oxygen atoms in total. The van der Waals surface area contributed by atoms with E-state index in [0.29, 0.717) is 12.3 Å². The summed E-state index contributed by atoms with van der Waals surface area (Å²) in [4.78, 5) is 75.2. The molecule has 0 spiro atoms. The number of urea groups is 1. The second kappa shape index (κ2) is 20.1. The van der Waals surface area contributed by atoms with Crippen LogP contribution in [0.4, 0.5) is 18.0 Å². The van der Waals surface area contributed by atoms with Crippen LogP contribution in [-0.2, 0) is 28.7 Å². The van der Waals surface area contributed by atoms with E-state index in [0.717, 1.165) is 24.7 Å². The summed E-state index contributed by atoms with van der Waals surface area (Å²) in [6, 6.07) is -4.93. The molecule has 1 aliphatic heterocycles. The van der Waals surface area contributed by atoms with Crippen molar-refractivity contribution in [2.45, 2.75) is 125 Å². The Labute approximate surface area is 276 Å². The summed E-state index contributed by atoms with van der Waals surface area (Å²) in [5.74, 6) is -3.05. The second-order valence-corrected chi connectivity index (χ2v) is 14.3. The van der Waals surface area contributed by atoms with Gasteiger partial charge in [0, 0.05) is 13.0 Å². The summed E-state index contributed by atoms with van der Waals surface area (Å²) in [6.45, 7) is 18.0. The minimum absolute atomic E-state index is 0.108. The van der Waals surface area contributed by atoms with E-state index in [9.17, 15) is 41.9 Å². The van der Waals surface area contributed by atoms with E-state index >= 15 is 0 Å². The van der Waals surface area contributed by atoms with Crippen LogP contribution in [-0.4, -0.2) is 84.4 Å². The molecule has 0 aromatic carbocycles. The van der Waals surface area contributed by atoms with E-state index in [4.69, 9.17) is 10.5 Å². The van der Waals surface area contributed by atoms with E-state index in [1.54, 1.807) is 20.8 Å². The zero-order chi connectivity index (χ0) is 36.7. The minimum atomic E-state index is -4.64. The Morgan fingerprint density at radius 1 is 0.894 bits per heavy atom. The summed E-state index contributed by atoms with van der Waals surface area (Å²) in [5, 5.41) is 6.99. The van der Waals surface area contributed by atoms with Crippen LogP contribution in [0.25, 0.3) is 0 Å². The first-order valence-corrected chi connectivity index (χ1v) is 16.2. The molecule has 1 heterocycles. The molecule has 1 saturated carbocycles. The number of carbonyl (C=O) groups is 6. The topological polar surface area (TPSA) is 177 Å². The van der Waals surface area contributed by atoms with Gasteiger partial charge < -0.3 is 31.3 Å². The lowest BCUT2D eigenvalue weighted by atomic mass is 9.85. The summed E-state index contributed by atoms with van der Waals surface area (Å²) < 4.78 is 43.2. The highest BCUT2D eigenvalue weighted by atomic mass is 19.4. The number of nitrogens with two attached hydrogens (primary N) is 1. The zero-order valence-electron chi connectivity index (χ0n) is 29.3. The number of ether oxygens (including phenoxy) is 1. The van der Waals surface area contributed by atoms with Crippen LogP contribution in [0, 0.1) is 23.2 Å². The van der Waals surface area contributed by atoms with Crippen LogP contribution in [0.15, 0.2) is 0 Å². The highest BCUT2D eigenvalue weighted by molar-refractivity contribution is 6.37. The highest BCUT2D eigenvalue weighted by Gasteiger charge is 2.43. The van der Waals surface area contributed by atoms with Gasteiger partial charge in [-0.25, -0.2) is 4.79 Å². The normalized spacial score (nSPS) is 17.3. The zero-order valence-corrected chi connectivity index (χ0v) is 29.3. The van der Waals surface area contributed by atoms with Gasteiger partial charge in [0.25, 0.3) is 5.91 Å². The molecule has 0 radical (unpaired) electrons. The van der Waals surface area contributed by atoms with Gasteiger partial charge in [-0.1, -0.05) is 62.3 Å². The quantitative estimate of drug-likeness (QED) is 0.179. The third kappa shape index (κ3) is 19.8. The molecule has 272 valence electrons. The number of halogens is 3. The van der Waals surface area contributed by atoms with Crippen LogP contribution < -0.4 is 21.7 Å². The Balaban J connectivity index is 0.00000236. The van der Waals surface area contributed by atoms with Crippen molar-refractivity contribution in [3.05, 3.63) is 0 Å². The number of carbonyl (C=O) groups excluding carboxylic acids is 6. The lowest BCUT2D eigenvalue weighted by molar-refractivity contribution is -0.146. The smallest absolute Gasteiger partial charge is 0.389 e. The largest absolute Gasteiger partial charge is 0.464 e. The van der Waals surface area contributed by atoms with Crippen molar-refractivity contribution < 1.29 is 46.7 Å². The average molecular weight is 680 g/mol. The van der Waals surface area contributed by atoms with Gasteiger partial charge >= 0.3 is 18.2 Å². The predicted octanol–water partition coefficient (Wildman–Crippen LogP) is 3.85. The fourth-order valence-corrected chi connectivity index (χ4v) is 4.01. The number of hydrogen-bond donors (Lipinski definition) is 4. The van der Waals surface area contributed by atoms with Crippen molar-refractivity contribution in [3.8, 4) is 0 Å². The number of Topliss-reactive ketones (excluding diaryl/α,β-unsaturated/α-hetero) is 1. The predicted molar refractivity (Wildman–Crippen MR) is 171 cm³/mol. The Hall–Kier alpha value is -3.39. The fraction of sp³-hybridized carbons (Fsp3) is 0.812. The number of esters is 1. The minimum Gasteiger partial charge on any atom is -0.464 e. The van der Waals surface area contributed by atoms with Gasteiger partial charge in [0.05, 0.1) is 12.6 Å². The molecule has 2 rings (SSSR count). The third-order valence-electron chi connectivity index (χ3n) is 6.39. The molecule has 0 aromatic heterocycles. The van der Waals surface area contributed by atoms with Crippen LogP contribution in [0.5, 0.6) is 0 Å². The third-order valence-corrected chi connectivity index (χ3v) is 6.39. The number of nitrogens with one attached hydrogen (secondary N) is 3. The van der Waals surface area contributed by atoms with Crippen molar-refractivity contribution >= 4 is 35.5 Å². The SMILES string of the molecule is CC(C)(C)C(NC(=O)NCC(=O)OCC1CC1)C(=O)N1CCCC1C(=O)NC(CCC(F)(F)F)C(=O)C(N)=O.CC(C)C.CC(C)C. The molecule has 1 saturated heterocycles. The Bertz CT molecular complexity index is 1050. The van der Waals surface area contributed by atoms with Gasteiger partial charge in [-0.15, -0.1) is 0 Å². The first-order chi connectivity index (χ1) is 21.5. The van der Waals surface area contributed by atoms with E-state index in [2.05, 4.69) is 57.5 Å². The number of primary amides is 1. The summed E-state index contributed by atoms with van der Waals surface area (Å²) in [7, 11) is 0. The maximum atomic E-state index is 13.5. The standard InChI is InChI=1S/C24H36F3N5O7.2C4H10/c1-23(2,3)18(31-22(38)29-11-16(33)39-12-13-6-7-13)21(37)32-10-4-5-15(32)20(36)30-14(17(34)19(28)35)8-9-24(25,26)27;2*1-4(2)3/h13-15,18H,4-12H2,1-3H3,(H2,28,35)(H,30,36)(H2,29,31,38);2*4H,1-3H3. The van der Waals surface area contributed by atoms with Gasteiger partial charge in [0.1, 0.15) is 18.6 Å². The molecule has 5 amide bonds. The molecule has 0 bridgehead atoms. The van der Waals surface area contributed by atoms with E-state index in [-0.39, 0.29) is 19.6 Å². The second-order valence-electron chi connectivity index (χ2n) is 14.3.